The molecule has 1 aromatic carbocycles. The lowest BCUT2D eigenvalue weighted by Gasteiger charge is -2.10. The zero-order valence-corrected chi connectivity index (χ0v) is 9.80. The summed E-state index contributed by atoms with van der Waals surface area (Å²) < 4.78 is 0. The standard InChI is InChI=1S/C12H18ClNO/c1-9-4-5-10(8-12(9)13)7-11(15)3-2-6-14/h4-5,8,11,15H,2-3,6-7,14H2,1H3. The third kappa shape index (κ3) is 4.20. The Labute approximate surface area is 96.1 Å². The summed E-state index contributed by atoms with van der Waals surface area (Å²) in [6.07, 6.45) is 1.95. The van der Waals surface area contributed by atoms with E-state index in [1.807, 2.05) is 25.1 Å². The Morgan fingerprint density at radius 2 is 2.20 bits per heavy atom. The van der Waals surface area contributed by atoms with Crippen LogP contribution in [0.15, 0.2) is 18.2 Å². The molecule has 0 aliphatic heterocycles. The number of hydrogen-bond acceptors (Lipinski definition) is 2. The van der Waals surface area contributed by atoms with E-state index in [1.165, 1.54) is 0 Å². The van der Waals surface area contributed by atoms with E-state index in [4.69, 9.17) is 17.3 Å². The second kappa shape index (κ2) is 6.11. The van der Waals surface area contributed by atoms with Crippen molar-refractivity contribution in [2.45, 2.75) is 32.3 Å². The number of rotatable bonds is 5. The van der Waals surface area contributed by atoms with Crippen molar-refractivity contribution in [3.8, 4) is 0 Å². The Balaban J connectivity index is 2.53. The molecule has 0 radical (unpaired) electrons. The largest absolute Gasteiger partial charge is 0.393 e. The highest BCUT2D eigenvalue weighted by Crippen LogP contribution is 2.18. The van der Waals surface area contributed by atoms with Crippen molar-refractivity contribution in [3.63, 3.8) is 0 Å². The van der Waals surface area contributed by atoms with Gasteiger partial charge in [-0.25, -0.2) is 0 Å². The van der Waals surface area contributed by atoms with E-state index in [2.05, 4.69) is 0 Å². The van der Waals surface area contributed by atoms with Gasteiger partial charge in [-0.2, -0.15) is 0 Å². The van der Waals surface area contributed by atoms with Crippen molar-refractivity contribution in [3.05, 3.63) is 34.3 Å². The number of aryl methyl sites for hydroxylation is 1. The summed E-state index contributed by atoms with van der Waals surface area (Å²) in [5.41, 5.74) is 7.53. The average molecular weight is 228 g/mol. The summed E-state index contributed by atoms with van der Waals surface area (Å²) in [5, 5.41) is 10.5. The van der Waals surface area contributed by atoms with E-state index in [9.17, 15) is 5.11 Å². The summed E-state index contributed by atoms with van der Waals surface area (Å²) in [5.74, 6) is 0. The maximum atomic E-state index is 9.70. The zero-order valence-electron chi connectivity index (χ0n) is 9.04. The lowest BCUT2D eigenvalue weighted by atomic mass is 10.0. The molecule has 2 nitrogen and oxygen atoms in total. The van der Waals surface area contributed by atoms with Gasteiger partial charge in [0.1, 0.15) is 0 Å². The number of nitrogens with two attached hydrogens (primary N) is 1. The quantitative estimate of drug-likeness (QED) is 0.811. The fourth-order valence-corrected chi connectivity index (χ4v) is 1.69. The molecule has 0 saturated carbocycles. The van der Waals surface area contributed by atoms with Crippen molar-refractivity contribution in [2.24, 2.45) is 5.73 Å². The molecule has 3 N–H and O–H groups in total. The molecule has 1 unspecified atom stereocenters. The van der Waals surface area contributed by atoms with Crippen LogP contribution >= 0.6 is 11.6 Å². The van der Waals surface area contributed by atoms with Crippen molar-refractivity contribution in [1.29, 1.82) is 0 Å². The Bertz CT molecular complexity index is 314. The van der Waals surface area contributed by atoms with E-state index in [0.29, 0.717) is 13.0 Å². The van der Waals surface area contributed by atoms with Crippen molar-refractivity contribution in [2.75, 3.05) is 6.54 Å². The minimum absolute atomic E-state index is 0.313. The van der Waals surface area contributed by atoms with Crippen molar-refractivity contribution < 1.29 is 5.11 Å². The molecule has 0 saturated heterocycles. The summed E-state index contributed by atoms with van der Waals surface area (Å²) in [6.45, 7) is 2.60. The lowest BCUT2D eigenvalue weighted by molar-refractivity contribution is 0.163. The first-order valence-corrected chi connectivity index (χ1v) is 5.64. The normalized spacial score (nSPS) is 12.8. The second-order valence-corrected chi connectivity index (χ2v) is 4.28. The van der Waals surface area contributed by atoms with Gasteiger partial charge < -0.3 is 10.8 Å². The third-order valence-corrected chi connectivity index (χ3v) is 2.86. The summed E-state index contributed by atoms with van der Waals surface area (Å²) in [7, 11) is 0. The number of aliphatic hydroxyl groups is 1. The average Bonchev–Trinajstić information content (AvgIpc) is 2.20. The van der Waals surface area contributed by atoms with Gasteiger partial charge in [-0.1, -0.05) is 23.7 Å². The van der Waals surface area contributed by atoms with Gasteiger partial charge in [-0.05, 0) is 49.9 Å². The van der Waals surface area contributed by atoms with E-state index >= 15 is 0 Å². The molecule has 1 atom stereocenters. The number of aliphatic hydroxyl groups excluding tert-OH is 1. The number of hydrogen-bond donors (Lipinski definition) is 2. The molecule has 0 aliphatic rings. The van der Waals surface area contributed by atoms with E-state index < -0.39 is 0 Å². The highest BCUT2D eigenvalue weighted by Gasteiger charge is 2.06. The topological polar surface area (TPSA) is 46.2 Å². The first-order valence-electron chi connectivity index (χ1n) is 5.26. The first kappa shape index (κ1) is 12.5. The molecule has 0 bridgehead atoms. The smallest absolute Gasteiger partial charge is 0.0581 e. The fraction of sp³-hybridized carbons (Fsp3) is 0.500. The summed E-state index contributed by atoms with van der Waals surface area (Å²) >= 11 is 6.00. The predicted molar refractivity (Wildman–Crippen MR) is 64.2 cm³/mol. The van der Waals surface area contributed by atoms with Crippen LogP contribution in [0.3, 0.4) is 0 Å². The monoisotopic (exact) mass is 227 g/mol. The summed E-state index contributed by atoms with van der Waals surface area (Å²) in [6, 6.07) is 5.91. The van der Waals surface area contributed by atoms with Gasteiger partial charge >= 0.3 is 0 Å². The van der Waals surface area contributed by atoms with Gasteiger partial charge in [0.2, 0.25) is 0 Å². The maximum absolute atomic E-state index is 9.70. The van der Waals surface area contributed by atoms with Crippen LogP contribution < -0.4 is 5.73 Å². The lowest BCUT2D eigenvalue weighted by Crippen LogP contribution is -2.12. The third-order valence-electron chi connectivity index (χ3n) is 2.45. The predicted octanol–water partition coefficient (Wildman–Crippen LogP) is 2.29. The molecule has 1 aromatic rings. The zero-order chi connectivity index (χ0) is 11.3. The Morgan fingerprint density at radius 3 is 2.80 bits per heavy atom. The van der Waals surface area contributed by atoms with Crippen LogP contribution in [0.25, 0.3) is 0 Å². The van der Waals surface area contributed by atoms with Crippen LogP contribution in [-0.4, -0.2) is 17.8 Å². The van der Waals surface area contributed by atoms with Gasteiger partial charge in [0.25, 0.3) is 0 Å². The molecule has 0 heterocycles. The van der Waals surface area contributed by atoms with Crippen molar-refractivity contribution in [1.82, 2.24) is 0 Å². The van der Waals surface area contributed by atoms with Gasteiger partial charge in [-0.3, -0.25) is 0 Å². The van der Waals surface area contributed by atoms with E-state index in [1.54, 1.807) is 0 Å². The fourth-order valence-electron chi connectivity index (χ4n) is 1.49. The minimum atomic E-state index is -0.313. The van der Waals surface area contributed by atoms with Crippen LogP contribution in [0.1, 0.15) is 24.0 Å². The molecule has 1 rings (SSSR count). The van der Waals surface area contributed by atoms with Gasteiger partial charge in [-0.15, -0.1) is 0 Å². The minimum Gasteiger partial charge on any atom is -0.393 e. The molecule has 84 valence electrons. The van der Waals surface area contributed by atoms with E-state index in [0.717, 1.165) is 29.0 Å². The molecule has 3 heteroatoms. The van der Waals surface area contributed by atoms with Crippen LogP contribution in [0.4, 0.5) is 0 Å². The van der Waals surface area contributed by atoms with Crippen LogP contribution in [0.2, 0.25) is 5.02 Å². The van der Waals surface area contributed by atoms with E-state index in [-0.39, 0.29) is 6.10 Å². The SMILES string of the molecule is Cc1ccc(CC(O)CCCN)cc1Cl. The maximum Gasteiger partial charge on any atom is 0.0581 e. The van der Waals surface area contributed by atoms with Gasteiger partial charge in [0, 0.05) is 5.02 Å². The molecular formula is C12H18ClNO. The number of benzene rings is 1. The molecule has 0 amide bonds. The molecule has 0 aromatic heterocycles. The second-order valence-electron chi connectivity index (χ2n) is 3.87. The Hall–Kier alpha value is -0.570. The summed E-state index contributed by atoms with van der Waals surface area (Å²) in [4.78, 5) is 0. The number of halogens is 1. The Kier molecular flexibility index (Phi) is 5.09. The highest BCUT2D eigenvalue weighted by atomic mass is 35.5. The highest BCUT2D eigenvalue weighted by molar-refractivity contribution is 6.31. The first-order chi connectivity index (χ1) is 7.13. The van der Waals surface area contributed by atoms with Gasteiger partial charge in [0.15, 0.2) is 0 Å². The van der Waals surface area contributed by atoms with Gasteiger partial charge in [0.05, 0.1) is 6.10 Å². The van der Waals surface area contributed by atoms with Crippen LogP contribution in [0, 0.1) is 6.92 Å². The molecule has 0 spiro atoms. The molecule has 0 fully saturated rings. The molecule has 0 aliphatic carbocycles. The van der Waals surface area contributed by atoms with Crippen LogP contribution in [0.5, 0.6) is 0 Å². The molecular weight excluding hydrogens is 210 g/mol. The molecule has 15 heavy (non-hydrogen) atoms. The van der Waals surface area contributed by atoms with Crippen molar-refractivity contribution >= 4 is 11.6 Å². The van der Waals surface area contributed by atoms with Crippen LogP contribution in [-0.2, 0) is 6.42 Å². The Morgan fingerprint density at radius 1 is 1.47 bits per heavy atom.